The van der Waals surface area contributed by atoms with Gasteiger partial charge in [-0.25, -0.2) is 14.1 Å². The predicted molar refractivity (Wildman–Crippen MR) is 64.9 cm³/mol. The fraction of sp³-hybridized carbons (Fsp3) is 0.250. The van der Waals surface area contributed by atoms with Gasteiger partial charge in [-0.1, -0.05) is 0 Å². The Balaban J connectivity index is 2.19. The van der Waals surface area contributed by atoms with Gasteiger partial charge < -0.3 is 10.6 Å². The highest BCUT2D eigenvalue weighted by Crippen LogP contribution is 2.20. The number of amides is 4. The molecule has 1 aliphatic rings. The maximum Gasteiger partial charge on any atom is 0.329 e. The van der Waals surface area contributed by atoms with Crippen LogP contribution in [0.2, 0.25) is 0 Å². The molecule has 100 valence electrons. The molecule has 7 heteroatoms. The summed E-state index contributed by atoms with van der Waals surface area (Å²) in [7, 11) is 1.45. The molecule has 0 spiro atoms. The van der Waals surface area contributed by atoms with Crippen LogP contribution < -0.4 is 15.5 Å². The maximum atomic E-state index is 12.8. The Morgan fingerprint density at radius 2 is 2.00 bits per heavy atom. The standard InChI is InChI=1S/C12H12FN3O3/c1-14-10(17)6-9-11(18)16(12(19)15-9)8-4-2-7(13)3-5-8/h2-5,9H,6H2,1H3,(H,14,17)(H,15,19). The summed E-state index contributed by atoms with van der Waals surface area (Å²) in [5, 5.41) is 4.79. The first-order valence-electron chi connectivity index (χ1n) is 5.63. The number of carbonyl (C=O) groups is 3. The van der Waals surface area contributed by atoms with E-state index in [-0.39, 0.29) is 18.0 Å². The van der Waals surface area contributed by atoms with E-state index in [1.807, 2.05) is 0 Å². The van der Waals surface area contributed by atoms with E-state index in [9.17, 15) is 18.8 Å². The van der Waals surface area contributed by atoms with Crippen molar-refractivity contribution in [3.63, 3.8) is 0 Å². The predicted octanol–water partition coefficient (Wildman–Crippen LogP) is 0.387. The van der Waals surface area contributed by atoms with Crippen LogP contribution in [-0.4, -0.2) is 30.9 Å². The minimum absolute atomic E-state index is 0.126. The van der Waals surface area contributed by atoms with Gasteiger partial charge in [0.2, 0.25) is 5.91 Å². The summed E-state index contributed by atoms with van der Waals surface area (Å²) in [6.07, 6.45) is -0.126. The first-order chi connectivity index (χ1) is 9.02. The highest BCUT2D eigenvalue weighted by molar-refractivity contribution is 6.22. The minimum atomic E-state index is -0.891. The molecule has 2 rings (SSSR count). The second-order valence-corrected chi connectivity index (χ2v) is 4.03. The quantitative estimate of drug-likeness (QED) is 0.776. The molecular weight excluding hydrogens is 253 g/mol. The van der Waals surface area contributed by atoms with Crippen molar-refractivity contribution in [3.8, 4) is 0 Å². The fourth-order valence-electron chi connectivity index (χ4n) is 1.79. The van der Waals surface area contributed by atoms with E-state index in [1.54, 1.807) is 0 Å². The lowest BCUT2D eigenvalue weighted by Crippen LogP contribution is -2.35. The van der Waals surface area contributed by atoms with Crippen molar-refractivity contribution in [1.29, 1.82) is 0 Å². The first-order valence-corrected chi connectivity index (χ1v) is 5.63. The largest absolute Gasteiger partial charge is 0.359 e. The van der Waals surface area contributed by atoms with Gasteiger partial charge in [-0.05, 0) is 24.3 Å². The number of benzene rings is 1. The van der Waals surface area contributed by atoms with Gasteiger partial charge in [0.15, 0.2) is 0 Å². The number of nitrogens with one attached hydrogen (secondary N) is 2. The molecule has 1 atom stereocenters. The molecule has 6 nitrogen and oxygen atoms in total. The number of urea groups is 1. The van der Waals surface area contributed by atoms with Crippen molar-refractivity contribution in [2.24, 2.45) is 0 Å². The van der Waals surface area contributed by atoms with Crippen LogP contribution in [0.15, 0.2) is 24.3 Å². The summed E-state index contributed by atoms with van der Waals surface area (Å²) in [5.41, 5.74) is 0.267. The first kappa shape index (κ1) is 13.0. The van der Waals surface area contributed by atoms with E-state index in [2.05, 4.69) is 10.6 Å². The number of carbonyl (C=O) groups excluding carboxylic acids is 3. The number of halogens is 1. The van der Waals surface area contributed by atoms with E-state index in [0.717, 1.165) is 17.0 Å². The van der Waals surface area contributed by atoms with Crippen LogP contribution in [0.3, 0.4) is 0 Å². The second kappa shape index (κ2) is 5.05. The molecule has 1 aliphatic heterocycles. The third-order valence-electron chi connectivity index (χ3n) is 2.77. The average molecular weight is 265 g/mol. The van der Waals surface area contributed by atoms with Crippen LogP contribution >= 0.6 is 0 Å². The normalized spacial score (nSPS) is 18.4. The Morgan fingerprint density at radius 1 is 1.37 bits per heavy atom. The molecule has 0 aliphatic carbocycles. The zero-order chi connectivity index (χ0) is 14.0. The van der Waals surface area contributed by atoms with E-state index in [4.69, 9.17) is 0 Å². The molecule has 4 amide bonds. The van der Waals surface area contributed by atoms with E-state index in [1.165, 1.54) is 19.2 Å². The van der Waals surface area contributed by atoms with Gasteiger partial charge in [0, 0.05) is 7.05 Å². The lowest BCUT2D eigenvalue weighted by atomic mass is 10.2. The summed E-state index contributed by atoms with van der Waals surface area (Å²) in [6, 6.07) is 3.46. The Bertz CT molecular complexity index is 530. The summed E-state index contributed by atoms with van der Waals surface area (Å²) in [6.45, 7) is 0. The molecular formula is C12H12FN3O3. The molecule has 0 aromatic heterocycles. The van der Waals surface area contributed by atoms with Gasteiger partial charge in [0.1, 0.15) is 11.9 Å². The number of imide groups is 1. The van der Waals surface area contributed by atoms with Gasteiger partial charge in [0.05, 0.1) is 12.1 Å². The molecule has 1 aromatic rings. The molecule has 0 saturated carbocycles. The van der Waals surface area contributed by atoms with Crippen LogP contribution in [-0.2, 0) is 9.59 Å². The Labute approximate surface area is 108 Å². The van der Waals surface area contributed by atoms with Crippen molar-refractivity contribution < 1.29 is 18.8 Å². The van der Waals surface area contributed by atoms with Crippen LogP contribution in [0.1, 0.15) is 6.42 Å². The van der Waals surface area contributed by atoms with Crippen molar-refractivity contribution in [2.45, 2.75) is 12.5 Å². The molecule has 1 heterocycles. The summed E-state index contributed by atoms with van der Waals surface area (Å²) >= 11 is 0. The molecule has 1 unspecified atom stereocenters. The molecule has 1 aromatic carbocycles. The highest BCUT2D eigenvalue weighted by Gasteiger charge is 2.39. The van der Waals surface area contributed by atoms with Gasteiger partial charge in [-0.3, -0.25) is 9.59 Å². The molecule has 1 fully saturated rings. The molecule has 1 saturated heterocycles. The zero-order valence-corrected chi connectivity index (χ0v) is 10.1. The van der Waals surface area contributed by atoms with Crippen LogP contribution in [0.4, 0.5) is 14.9 Å². The van der Waals surface area contributed by atoms with Crippen LogP contribution in [0.5, 0.6) is 0 Å². The van der Waals surface area contributed by atoms with Gasteiger partial charge in [-0.2, -0.15) is 0 Å². The third kappa shape index (κ3) is 2.54. The van der Waals surface area contributed by atoms with Crippen LogP contribution in [0.25, 0.3) is 0 Å². The molecule has 0 radical (unpaired) electrons. The van der Waals surface area contributed by atoms with E-state index >= 15 is 0 Å². The second-order valence-electron chi connectivity index (χ2n) is 4.03. The summed E-state index contributed by atoms with van der Waals surface area (Å²) < 4.78 is 12.8. The zero-order valence-electron chi connectivity index (χ0n) is 10.1. The van der Waals surface area contributed by atoms with Crippen molar-refractivity contribution >= 4 is 23.5 Å². The number of anilines is 1. The van der Waals surface area contributed by atoms with Gasteiger partial charge in [-0.15, -0.1) is 0 Å². The van der Waals surface area contributed by atoms with Crippen LogP contribution in [0, 0.1) is 5.82 Å². The minimum Gasteiger partial charge on any atom is -0.359 e. The molecule has 2 N–H and O–H groups in total. The number of nitrogens with zero attached hydrogens (tertiary/aromatic N) is 1. The van der Waals surface area contributed by atoms with Crippen molar-refractivity contribution in [1.82, 2.24) is 10.6 Å². The Kier molecular flexibility index (Phi) is 3.46. The van der Waals surface area contributed by atoms with Gasteiger partial charge in [0.25, 0.3) is 5.91 Å². The third-order valence-corrected chi connectivity index (χ3v) is 2.77. The maximum absolute atomic E-state index is 12.8. The van der Waals surface area contributed by atoms with E-state index < -0.39 is 23.8 Å². The monoisotopic (exact) mass is 265 g/mol. The van der Waals surface area contributed by atoms with Crippen molar-refractivity contribution in [2.75, 3.05) is 11.9 Å². The lowest BCUT2D eigenvalue weighted by molar-refractivity contribution is -0.125. The SMILES string of the molecule is CNC(=O)CC1NC(=O)N(c2ccc(F)cc2)C1=O. The average Bonchev–Trinajstić information content (AvgIpc) is 2.66. The molecule has 19 heavy (non-hydrogen) atoms. The van der Waals surface area contributed by atoms with Gasteiger partial charge >= 0.3 is 6.03 Å². The lowest BCUT2D eigenvalue weighted by Gasteiger charge is -2.12. The van der Waals surface area contributed by atoms with Crippen molar-refractivity contribution in [3.05, 3.63) is 30.1 Å². The number of hydrogen-bond acceptors (Lipinski definition) is 3. The number of rotatable bonds is 3. The smallest absolute Gasteiger partial charge is 0.329 e. The van der Waals surface area contributed by atoms with E-state index in [0.29, 0.717) is 0 Å². The summed E-state index contributed by atoms with van der Waals surface area (Å²) in [5.74, 6) is -1.34. The Morgan fingerprint density at radius 3 is 2.58 bits per heavy atom. The summed E-state index contributed by atoms with van der Waals surface area (Å²) in [4.78, 5) is 35.9. The Hall–Kier alpha value is -2.44. The highest BCUT2D eigenvalue weighted by atomic mass is 19.1. The number of hydrogen-bond donors (Lipinski definition) is 2. The molecule has 0 bridgehead atoms. The fourth-order valence-corrected chi connectivity index (χ4v) is 1.79. The topological polar surface area (TPSA) is 78.5 Å².